The fourth-order valence-electron chi connectivity index (χ4n) is 2.69. The number of ketones is 1. The van der Waals surface area contributed by atoms with Gasteiger partial charge in [-0.1, -0.05) is 13.8 Å². The van der Waals surface area contributed by atoms with Crippen molar-refractivity contribution in [2.75, 3.05) is 6.61 Å². The van der Waals surface area contributed by atoms with Crippen LogP contribution < -0.4 is 10.1 Å². The van der Waals surface area contributed by atoms with Crippen molar-refractivity contribution in [3.05, 3.63) is 53.1 Å². The van der Waals surface area contributed by atoms with Crippen molar-refractivity contribution in [3.8, 4) is 5.75 Å². The van der Waals surface area contributed by atoms with Crippen LogP contribution in [0.4, 0.5) is 13.2 Å². The molecule has 0 aliphatic carbocycles. The molecule has 0 radical (unpaired) electrons. The molecule has 2 rings (SSSR count). The second-order valence-corrected chi connectivity index (χ2v) is 7.62. The van der Waals surface area contributed by atoms with E-state index in [9.17, 15) is 22.8 Å². The lowest BCUT2D eigenvalue weighted by Gasteiger charge is -2.16. The number of ether oxygens (including phenoxy) is 1. The molecule has 0 saturated carbocycles. The van der Waals surface area contributed by atoms with Gasteiger partial charge in [0.15, 0.2) is 0 Å². The molecular formula is C22H26F3N3O3. The van der Waals surface area contributed by atoms with Gasteiger partial charge in [0.05, 0.1) is 25.3 Å². The first kappa shape index (κ1) is 24.3. The summed E-state index contributed by atoms with van der Waals surface area (Å²) in [6, 6.07) is 4.63. The van der Waals surface area contributed by atoms with E-state index in [2.05, 4.69) is 15.3 Å². The molecule has 1 N–H and O–H groups in total. The number of carbonyl (C=O) groups is 2. The summed E-state index contributed by atoms with van der Waals surface area (Å²) < 4.78 is 41.8. The summed E-state index contributed by atoms with van der Waals surface area (Å²) in [5.41, 5.74) is 2.05. The largest absolute Gasteiger partial charge is 0.491 e. The van der Waals surface area contributed by atoms with Crippen molar-refractivity contribution in [2.24, 2.45) is 5.92 Å². The third-order valence-corrected chi connectivity index (χ3v) is 4.63. The number of nitrogens with one attached hydrogen (secondary N) is 1. The molecule has 2 aromatic rings. The Labute approximate surface area is 179 Å². The van der Waals surface area contributed by atoms with E-state index in [-0.39, 0.29) is 35.6 Å². The fourth-order valence-corrected chi connectivity index (χ4v) is 2.69. The van der Waals surface area contributed by atoms with Crippen LogP contribution in [0.5, 0.6) is 5.75 Å². The van der Waals surface area contributed by atoms with Crippen molar-refractivity contribution in [1.29, 1.82) is 0 Å². The van der Waals surface area contributed by atoms with Gasteiger partial charge in [-0.15, -0.1) is 0 Å². The maximum absolute atomic E-state index is 12.6. The molecular weight excluding hydrogens is 411 g/mol. The number of nitrogens with zero attached hydrogens (tertiary/aromatic N) is 2. The van der Waals surface area contributed by atoms with Gasteiger partial charge in [-0.3, -0.25) is 14.6 Å². The predicted octanol–water partition coefficient (Wildman–Crippen LogP) is 4.37. The molecule has 1 atom stereocenters. The Balaban J connectivity index is 2.01. The van der Waals surface area contributed by atoms with E-state index in [0.29, 0.717) is 11.3 Å². The summed E-state index contributed by atoms with van der Waals surface area (Å²) in [7, 11) is 0. The van der Waals surface area contributed by atoms with Gasteiger partial charge in [0.2, 0.25) is 0 Å². The van der Waals surface area contributed by atoms with E-state index in [4.69, 9.17) is 4.74 Å². The summed E-state index contributed by atoms with van der Waals surface area (Å²) in [6.45, 7) is 6.57. The Kier molecular flexibility index (Phi) is 8.13. The lowest BCUT2D eigenvalue weighted by atomic mass is 10.0. The van der Waals surface area contributed by atoms with Crippen molar-refractivity contribution >= 4 is 11.7 Å². The summed E-state index contributed by atoms with van der Waals surface area (Å²) in [6.07, 6.45) is -2.30. The van der Waals surface area contributed by atoms with Crippen LogP contribution in [0.3, 0.4) is 0 Å². The van der Waals surface area contributed by atoms with Gasteiger partial charge in [0.25, 0.3) is 5.91 Å². The van der Waals surface area contributed by atoms with E-state index in [1.54, 1.807) is 32.2 Å². The number of alkyl halides is 3. The van der Waals surface area contributed by atoms with E-state index in [1.807, 2.05) is 13.8 Å². The minimum absolute atomic E-state index is 0.0820. The Bertz CT molecular complexity index is 930. The third-order valence-electron chi connectivity index (χ3n) is 4.63. The lowest BCUT2D eigenvalue weighted by Crippen LogP contribution is -2.27. The zero-order valence-corrected chi connectivity index (χ0v) is 17.9. The van der Waals surface area contributed by atoms with Crippen molar-refractivity contribution in [1.82, 2.24) is 15.3 Å². The monoisotopic (exact) mass is 437 g/mol. The van der Waals surface area contributed by atoms with E-state index >= 15 is 0 Å². The second kappa shape index (κ2) is 10.4. The molecule has 0 bridgehead atoms. The van der Waals surface area contributed by atoms with Crippen LogP contribution in [0.15, 0.2) is 30.6 Å². The SMILES string of the molecule is Cc1cc(C(=O)NC(C)c2ccnc(CC(=O)C(C)C)c2)ncc1OCCC(F)(F)F. The number of rotatable bonds is 9. The van der Waals surface area contributed by atoms with Crippen LogP contribution >= 0.6 is 0 Å². The number of hydrogen-bond acceptors (Lipinski definition) is 5. The molecule has 0 fully saturated rings. The first-order chi connectivity index (χ1) is 14.5. The number of pyridine rings is 2. The van der Waals surface area contributed by atoms with Gasteiger partial charge in [-0.25, -0.2) is 4.98 Å². The average molecular weight is 437 g/mol. The number of hydrogen-bond donors (Lipinski definition) is 1. The standard InChI is InChI=1S/C22H26F3N3O3/c1-13(2)19(29)11-17-10-16(5-7-26-17)15(4)28-21(30)18-9-14(3)20(12-27-18)31-8-6-22(23,24)25/h5,7,9-10,12-13,15H,6,8,11H2,1-4H3,(H,28,30). The lowest BCUT2D eigenvalue weighted by molar-refractivity contribution is -0.139. The van der Waals surface area contributed by atoms with Crippen LogP contribution in [0.25, 0.3) is 0 Å². The molecule has 1 amide bonds. The minimum atomic E-state index is -4.30. The number of carbonyl (C=O) groups excluding carboxylic acids is 2. The summed E-state index contributed by atoms with van der Waals surface area (Å²) in [5, 5.41) is 2.82. The number of halogens is 3. The van der Waals surface area contributed by atoms with Crippen LogP contribution in [-0.4, -0.2) is 34.4 Å². The Morgan fingerprint density at radius 2 is 1.87 bits per heavy atom. The van der Waals surface area contributed by atoms with E-state index in [0.717, 1.165) is 5.56 Å². The first-order valence-electron chi connectivity index (χ1n) is 9.91. The molecule has 0 aliphatic heterocycles. The molecule has 0 saturated heterocycles. The van der Waals surface area contributed by atoms with Crippen LogP contribution in [0, 0.1) is 12.8 Å². The van der Waals surface area contributed by atoms with Gasteiger partial charge < -0.3 is 10.1 Å². The summed E-state index contributed by atoms with van der Waals surface area (Å²) in [5.74, 6) is -0.243. The highest BCUT2D eigenvalue weighted by molar-refractivity contribution is 5.92. The molecule has 2 aromatic heterocycles. The molecule has 0 spiro atoms. The van der Waals surface area contributed by atoms with Gasteiger partial charge in [0, 0.05) is 24.2 Å². The van der Waals surface area contributed by atoms with Gasteiger partial charge in [-0.2, -0.15) is 13.2 Å². The fraction of sp³-hybridized carbons (Fsp3) is 0.455. The number of aryl methyl sites for hydroxylation is 1. The average Bonchev–Trinajstić information content (AvgIpc) is 2.68. The normalized spacial score (nSPS) is 12.5. The maximum atomic E-state index is 12.6. The van der Waals surface area contributed by atoms with Gasteiger partial charge in [0.1, 0.15) is 17.2 Å². The molecule has 6 nitrogen and oxygen atoms in total. The van der Waals surface area contributed by atoms with Crippen LogP contribution in [-0.2, 0) is 11.2 Å². The van der Waals surface area contributed by atoms with Gasteiger partial charge >= 0.3 is 6.18 Å². The third kappa shape index (κ3) is 7.66. The highest BCUT2D eigenvalue weighted by Crippen LogP contribution is 2.22. The number of Topliss-reactive ketones (excluding diaryl/α,β-unsaturated/α-hetero) is 1. The van der Waals surface area contributed by atoms with Crippen LogP contribution in [0.1, 0.15) is 60.5 Å². The molecule has 2 heterocycles. The van der Waals surface area contributed by atoms with Crippen molar-refractivity contribution < 1.29 is 27.5 Å². The van der Waals surface area contributed by atoms with E-state index in [1.165, 1.54) is 12.3 Å². The van der Waals surface area contributed by atoms with Crippen LogP contribution in [0.2, 0.25) is 0 Å². The molecule has 31 heavy (non-hydrogen) atoms. The Morgan fingerprint density at radius 1 is 1.16 bits per heavy atom. The second-order valence-electron chi connectivity index (χ2n) is 7.62. The van der Waals surface area contributed by atoms with Gasteiger partial charge in [-0.05, 0) is 43.2 Å². The first-order valence-corrected chi connectivity index (χ1v) is 9.91. The molecule has 168 valence electrons. The zero-order valence-electron chi connectivity index (χ0n) is 17.9. The number of aromatic nitrogens is 2. The molecule has 1 unspecified atom stereocenters. The smallest absolute Gasteiger partial charge is 0.392 e. The predicted molar refractivity (Wildman–Crippen MR) is 109 cm³/mol. The Morgan fingerprint density at radius 3 is 2.48 bits per heavy atom. The zero-order chi connectivity index (χ0) is 23.2. The van der Waals surface area contributed by atoms with Crippen molar-refractivity contribution in [2.45, 2.75) is 52.8 Å². The highest BCUT2D eigenvalue weighted by atomic mass is 19.4. The summed E-state index contributed by atoms with van der Waals surface area (Å²) >= 11 is 0. The molecule has 9 heteroatoms. The Hall–Kier alpha value is -2.97. The topological polar surface area (TPSA) is 81.2 Å². The molecule has 0 aliphatic rings. The summed E-state index contributed by atoms with van der Waals surface area (Å²) in [4.78, 5) is 32.7. The highest BCUT2D eigenvalue weighted by Gasteiger charge is 2.27. The minimum Gasteiger partial charge on any atom is -0.491 e. The van der Waals surface area contributed by atoms with E-state index < -0.39 is 25.1 Å². The molecule has 0 aromatic carbocycles. The maximum Gasteiger partial charge on any atom is 0.392 e. The number of amides is 1. The quantitative estimate of drug-likeness (QED) is 0.630. The van der Waals surface area contributed by atoms with Crippen molar-refractivity contribution in [3.63, 3.8) is 0 Å².